The first-order valence-electron chi connectivity index (χ1n) is 6.85. The van der Waals surface area contributed by atoms with Crippen molar-refractivity contribution in [3.05, 3.63) is 47.3 Å². The van der Waals surface area contributed by atoms with Crippen molar-refractivity contribution in [2.75, 3.05) is 18.0 Å². The fourth-order valence-electron chi connectivity index (χ4n) is 2.51. The van der Waals surface area contributed by atoms with Crippen LogP contribution in [0.1, 0.15) is 23.9 Å². The van der Waals surface area contributed by atoms with Gasteiger partial charge in [0.25, 0.3) is 0 Å². The molecule has 4 nitrogen and oxygen atoms in total. The molecule has 0 fully saturated rings. The molecule has 0 saturated heterocycles. The van der Waals surface area contributed by atoms with Gasteiger partial charge in [0.2, 0.25) is 0 Å². The minimum atomic E-state index is 0.790. The van der Waals surface area contributed by atoms with Gasteiger partial charge in [0.05, 0.1) is 0 Å². The second-order valence-corrected chi connectivity index (χ2v) is 4.82. The second kappa shape index (κ2) is 5.45. The number of para-hydroxylation sites is 1. The summed E-state index contributed by atoms with van der Waals surface area (Å²) in [5.41, 5.74) is 3.58. The van der Waals surface area contributed by atoms with Crippen LogP contribution >= 0.6 is 0 Å². The molecule has 1 aromatic carbocycles. The van der Waals surface area contributed by atoms with Crippen molar-refractivity contribution >= 4 is 5.69 Å². The van der Waals surface area contributed by atoms with Crippen LogP contribution in [0, 0.1) is 0 Å². The van der Waals surface area contributed by atoms with E-state index < -0.39 is 0 Å². The lowest BCUT2D eigenvalue weighted by atomic mass is 10.1. The Morgan fingerprint density at radius 1 is 1.32 bits per heavy atom. The number of anilines is 1. The largest absolute Gasteiger partial charge is 0.367 e. The third-order valence-electron chi connectivity index (χ3n) is 3.57. The molecule has 100 valence electrons. The van der Waals surface area contributed by atoms with E-state index in [-0.39, 0.29) is 0 Å². The lowest BCUT2D eigenvalue weighted by molar-refractivity contribution is 0.371. The predicted molar refractivity (Wildman–Crippen MR) is 75.1 cm³/mol. The predicted octanol–water partition coefficient (Wildman–Crippen LogP) is 2.35. The number of aromatic nitrogens is 1. The van der Waals surface area contributed by atoms with Gasteiger partial charge in [-0.2, -0.15) is 0 Å². The molecule has 2 aromatic rings. The molecule has 0 aliphatic carbocycles. The Bertz CT molecular complexity index is 536. The Balaban J connectivity index is 1.80. The minimum Gasteiger partial charge on any atom is -0.367 e. The Morgan fingerprint density at radius 3 is 2.95 bits per heavy atom. The van der Waals surface area contributed by atoms with E-state index in [4.69, 9.17) is 4.52 Å². The van der Waals surface area contributed by atoms with Gasteiger partial charge in [-0.1, -0.05) is 30.3 Å². The van der Waals surface area contributed by atoms with Gasteiger partial charge in [0.15, 0.2) is 0 Å². The smallest absolute Gasteiger partial charge is 0.143 e. The zero-order valence-electron chi connectivity index (χ0n) is 11.2. The normalized spacial score (nSPS) is 14.5. The number of nitrogens with one attached hydrogen (secondary N) is 1. The maximum Gasteiger partial charge on any atom is 0.143 e. The molecule has 3 rings (SSSR count). The summed E-state index contributed by atoms with van der Waals surface area (Å²) < 4.78 is 5.45. The summed E-state index contributed by atoms with van der Waals surface area (Å²) in [5, 5.41) is 7.51. The van der Waals surface area contributed by atoms with Crippen LogP contribution in [0.3, 0.4) is 0 Å². The zero-order chi connectivity index (χ0) is 13.1. The van der Waals surface area contributed by atoms with E-state index in [1.54, 1.807) is 0 Å². The Morgan fingerprint density at radius 2 is 2.16 bits per heavy atom. The molecule has 0 saturated carbocycles. The average molecular weight is 257 g/mol. The van der Waals surface area contributed by atoms with Crippen LogP contribution in [0.2, 0.25) is 0 Å². The van der Waals surface area contributed by atoms with E-state index >= 15 is 0 Å². The summed E-state index contributed by atoms with van der Waals surface area (Å²) in [6.45, 7) is 5.72. The van der Waals surface area contributed by atoms with Gasteiger partial charge in [-0.15, -0.1) is 0 Å². The van der Waals surface area contributed by atoms with Gasteiger partial charge < -0.3 is 14.7 Å². The molecule has 4 heteroatoms. The number of hydrogen-bond acceptors (Lipinski definition) is 4. The zero-order valence-corrected chi connectivity index (χ0v) is 11.2. The number of hydrogen-bond donors (Lipinski definition) is 1. The van der Waals surface area contributed by atoms with Crippen molar-refractivity contribution in [2.45, 2.75) is 26.4 Å². The topological polar surface area (TPSA) is 41.3 Å². The van der Waals surface area contributed by atoms with Gasteiger partial charge in [0.1, 0.15) is 11.5 Å². The number of fused-ring (bicyclic) bond motifs is 1. The van der Waals surface area contributed by atoms with E-state index in [9.17, 15) is 0 Å². The monoisotopic (exact) mass is 257 g/mol. The number of nitrogens with zero attached hydrogens (tertiary/aromatic N) is 2. The van der Waals surface area contributed by atoms with E-state index in [1.165, 1.54) is 11.3 Å². The fraction of sp³-hybridized carbons (Fsp3) is 0.400. The molecular formula is C15H19N3O. The van der Waals surface area contributed by atoms with Gasteiger partial charge in [0, 0.05) is 37.3 Å². The van der Waals surface area contributed by atoms with Gasteiger partial charge >= 0.3 is 0 Å². The van der Waals surface area contributed by atoms with Crippen molar-refractivity contribution in [3.63, 3.8) is 0 Å². The van der Waals surface area contributed by atoms with Crippen LogP contribution in [0.5, 0.6) is 0 Å². The first kappa shape index (κ1) is 12.2. The Labute approximate surface area is 113 Å². The molecule has 1 N–H and O–H groups in total. The van der Waals surface area contributed by atoms with Gasteiger partial charge in [-0.05, 0) is 18.7 Å². The highest BCUT2D eigenvalue weighted by atomic mass is 16.5. The highest BCUT2D eigenvalue weighted by molar-refractivity contribution is 5.48. The summed E-state index contributed by atoms with van der Waals surface area (Å²) in [5.74, 6) is 1.06. The van der Waals surface area contributed by atoms with Crippen molar-refractivity contribution in [3.8, 4) is 0 Å². The molecule has 2 heterocycles. The molecule has 0 amide bonds. The van der Waals surface area contributed by atoms with Gasteiger partial charge in [-0.3, -0.25) is 0 Å². The van der Waals surface area contributed by atoms with Crippen LogP contribution in [-0.2, 0) is 19.5 Å². The summed E-state index contributed by atoms with van der Waals surface area (Å²) in [7, 11) is 0. The number of rotatable bonds is 4. The van der Waals surface area contributed by atoms with Crippen molar-refractivity contribution < 1.29 is 4.52 Å². The maximum atomic E-state index is 5.45. The summed E-state index contributed by atoms with van der Waals surface area (Å²) in [6.07, 6.45) is 0.934. The molecule has 1 aliphatic heterocycles. The Kier molecular flexibility index (Phi) is 3.51. The van der Waals surface area contributed by atoms with E-state index in [0.717, 1.165) is 44.1 Å². The second-order valence-electron chi connectivity index (χ2n) is 4.82. The molecule has 19 heavy (non-hydrogen) atoms. The van der Waals surface area contributed by atoms with Crippen LogP contribution in [0.25, 0.3) is 0 Å². The van der Waals surface area contributed by atoms with Crippen molar-refractivity contribution in [2.24, 2.45) is 0 Å². The molecule has 0 radical (unpaired) electrons. The lowest BCUT2D eigenvalue weighted by Gasteiger charge is -2.28. The van der Waals surface area contributed by atoms with E-state index in [1.807, 2.05) is 0 Å². The third kappa shape index (κ3) is 2.49. The van der Waals surface area contributed by atoms with E-state index in [0.29, 0.717) is 0 Å². The molecule has 0 unspecified atom stereocenters. The highest BCUT2D eigenvalue weighted by Crippen LogP contribution is 2.26. The SMILES string of the molecule is CCNCc1noc2c1CN(c1ccccc1)CC2. The first-order valence-corrected chi connectivity index (χ1v) is 6.85. The van der Waals surface area contributed by atoms with Crippen LogP contribution < -0.4 is 10.2 Å². The average Bonchev–Trinajstić information content (AvgIpc) is 2.88. The van der Waals surface area contributed by atoms with Crippen LogP contribution in [0.15, 0.2) is 34.9 Å². The summed E-state index contributed by atoms with van der Waals surface area (Å²) >= 11 is 0. The summed E-state index contributed by atoms with van der Waals surface area (Å²) in [6, 6.07) is 10.5. The fourth-order valence-corrected chi connectivity index (χ4v) is 2.51. The summed E-state index contributed by atoms with van der Waals surface area (Å²) in [4.78, 5) is 2.38. The maximum absolute atomic E-state index is 5.45. The molecule has 0 bridgehead atoms. The Hall–Kier alpha value is -1.81. The molecular weight excluding hydrogens is 238 g/mol. The molecule has 0 atom stereocenters. The molecule has 0 spiro atoms. The van der Waals surface area contributed by atoms with Crippen LogP contribution in [0.4, 0.5) is 5.69 Å². The quantitative estimate of drug-likeness (QED) is 0.913. The van der Waals surface area contributed by atoms with E-state index in [2.05, 4.69) is 52.6 Å². The minimum absolute atomic E-state index is 0.790. The first-order chi connectivity index (χ1) is 9.38. The standard InChI is InChI=1S/C15H19N3O/c1-2-16-10-14-13-11-18(9-8-15(13)19-17-14)12-6-4-3-5-7-12/h3-7,16H,2,8-11H2,1H3. The van der Waals surface area contributed by atoms with Gasteiger partial charge in [-0.25, -0.2) is 0 Å². The van der Waals surface area contributed by atoms with Crippen LogP contribution in [-0.4, -0.2) is 18.2 Å². The lowest BCUT2D eigenvalue weighted by Crippen LogP contribution is -2.30. The van der Waals surface area contributed by atoms with Crippen molar-refractivity contribution in [1.29, 1.82) is 0 Å². The number of benzene rings is 1. The molecule has 1 aromatic heterocycles. The third-order valence-corrected chi connectivity index (χ3v) is 3.57. The van der Waals surface area contributed by atoms with Crippen molar-refractivity contribution in [1.82, 2.24) is 10.5 Å². The highest BCUT2D eigenvalue weighted by Gasteiger charge is 2.23. The molecule has 1 aliphatic rings.